The van der Waals surface area contributed by atoms with E-state index in [1.807, 2.05) is 0 Å². The first-order valence-electron chi connectivity index (χ1n) is 6.48. The average molecular weight is 218 g/mol. The minimum Gasteiger partial charge on any atom is -0.0910 e. The SMILES string of the molecule is C/C=C\C1C(C)=CC=CC1CC(C)(C)CC. The molecule has 0 amide bonds. The van der Waals surface area contributed by atoms with Gasteiger partial charge < -0.3 is 0 Å². The highest BCUT2D eigenvalue weighted by Crippen LogP contribution is 2.37. The predicted octanol–water partition coefficient (Wildman–Crippen LogP) is 5.14. The second-order valence-electron chi connectivity index (χ2n) is 5.73. The third-order valence-corrected chi connectivity index (χ3v) is 3.85. The highest BCUT2D eigenvalue weighted by Gasteiger charge is 2.26. The lowest BCUT2D eigenvalue weighted by molar-refractivity contribution is 0.262. The molecule has 0 spiro atoms. The Balaban J connectivity index is 2.79. The van der Waals surface area contributed by atoms with Crippen molar-refractivity contribution in [3.8, 4) is 0 Å². The van der Waals surface area contributed by atoms with Gasteiger partial charge in [0.1, 0.15) is 0 Å². The molecule has 0 aromatic carbocycles. The van der Waals surface area contributed by atoms with Crippen LogP contribution < -0.4 is 0 Å². The van der Waals surface area contributed by atoms with Crippen molar-refractivity contribution < 1.29 is 0 Å². The normalized spacial score (nSPS) is 26.2. The predicted molar refractivity (Wildman–Crippen MR) is 73.4 cm³/mol. The highest BCUT2D eigenvalue weighted by atomic mass is 14.3. The van der Waals surface area contributed by atoms with E-state index in [2.05, 4.69) is 65.0 Å². The first-order chi connectivity index (χ1) is 7.50. The number of allylic oxidation sites excluding steroid dienone is 6. The molecule has 0 fully saturated rings. The summed E-state index contributed by atoms with van der Waals surface area (Å²) in [7, 11) is 0. The summed E-state index contributed by atoms with van der Waals surface area (Å²) in [6, 6.07) is 0. The Kier molecular flexibility index (Phi) is 4.58. The Morgan fingerprint density at radius 1 is 1.38 bits per heavy atom. The Morgan fingerprint density at radius 3 is 2.62 bits per heavy atom. The Hall–Kier alpha value is -0.780. The standard InChI is InChI=1S/C16H26/c1-6-9-15-13(3)10-8-11-14(15)12-16(4,5)7-2/h6,8-11,14-15H,7,12H2,1-5H3/b9-6-. The van der Waals surface area contributed by atoms with Gasteiger partial charge >= 0.3 is 0 Å². The molecule has 0 saturated heterocycles. The van der Waals surface area contributed by atoms with Gasteiger partial charge in [-0.1, -0.05) is 63.1 Å². The quantitative estimate of drug-likeness (QED) is 0.573. The van der Waals surface area contributed by atoms with Crippen LogP contribution in [0.3, 0.4) is 0 Å². The van der Waals surface area contributed by atoms with Crippen molar-refractivity contribution in [2.24, 2.45) is 17.3 Å². The smallest absolute Gasteiger partial charge is 0.00401 e. The van der Waals surface area contributed by atoms with Crippen LogP contribution in [0.2, 0.25) is 0 Å². The summed E-state index contributed by atoms with van der Waals surface area (Å²) in [6.45, 7) is 11.4. The molecule has 0 aromatic heterocycles. The van der Waals surface area contributed by atoms with Crippen LogP contribution in [0.1, 0.15) is 47.5 Å². The molecule has 0 radical (unpaired) electrons. The lowest BCUT2D eigenvalue weighted by Crippen LogP contribution is -2.22. The summed E-state index contributed by atoms with van der Waals surface area (Å²) in [5, 5.41) is 0. The molecule has 0 bridgehead atoms. The molecule has 90 valence electrons. The van der Waals surface area contributed by atoms with Gasteiger partial charge in [0, 0.05) is 5.92 Å². The second-order valence-corrected chi connectivity index (χ2v) is 5.73. The fourth-order valence-electron chi connectivity index (χ4n) is 2.40. The van der Waals surface area contributed by atoms with Gasteiger partial charge in [-0.25, -0.2) is 0 Å². The maximum Gasteiger partial charge on any atom is 0.00401 e. The maximum atomic E-state index is 2.38. The molecule has 2 unspecified atom stereocenters. The topological polar surface area (TPSA) is 0 Å². The van der Waals surface area contributed by atoms with E-state index in [0.29, 0.717) is 17.3 Å². The summed E-state index contributed by atoms with van der Waals surface area (Å²) < 4.78 is 0. The molecule has 0 nitrogen and oxygen atoms in total. The van der Waals surface area contributed by atoms with Gasteiger partial charge in [-0.3, -0.25) is 0 Å². The Morgan fingerprint density at radius 2 is 2.06 bits per heavy atom. The van der Waals surface area contributed by atoms with Crippen LogP contribution in [0.5, 0.6) is 0 Å². The lowest BCUT2D eigenvalue weighted by atomic mass is 9.72. The summed E-state index contributed by atoms with van der Waals surface area (Å²) in [4.78, 5) is 0. The molecule has 1 aliphatic carbocycles. The van der Waals surface area contributed by atoms with Crippen LogP contribution in [-0.4, -0.2) is 0 Å². The second kappa shape index (κ2) is 5.52. The fourth-order valence-corrected chi connectivity index (χ4v) is 2.40. The van der Waals surface area contributed by atoms with Crippen molar-refractivity contribution >= 4 is 0 Å². The van der Waals surface area contributed by atoms with Crippen LogP contribution >= 0.6 is 0 Å². The molecule has 0 heterocycles. The van der Waals surface area contributed by atoms with Crippen LogP contribution in [0.15, 0.2) is 36.0 Å². The van der Waals surface area contributed by atoms with Crippen molar-refractivity contribution in [2.75, 3.05) is 0 Å². The van der Waals surface area contributed by atoms with Crippen LogP contribution in [0.25, 0.3) is 0 Å². The largest absolute Gasteiger partial charge is 0.0910 e. The third kappa shape index (κ3) is 3.37. The van der Waals surface area contributed by atoms with E-state index < -0.39 is 0 Å². The molecule has 1 rings (SSSR count). The Bertz CT molecular complexity index is 302. The molecule has 0 heteroatoms. The zero-order valence-electron chi connectivity index (χ0n) is 11.5. The van der Waals surface area contributed by atoms with E-state index in [4.69, 9.17) is 0 Å². The summed E-state index contributed by atoms with van der Waals surface area (Å²) in [5.41, 5.74) is 1.95. The highest BCUT2D eigenvalue weighted by molar-refractivity contribution is 5.25. The summed E-state index contributed by atoms with van der Waals surface area (Å²) in [5.74, 6) is 1.29. The summed E-state index contributed by atoms with van der Waals surface area (Å²) in [6.07, 6.45) is 13.9. The zero-order valence-corrected chi connectivity index (χ0v) is 11.5. The van der Waals surface area contributed by atoms with E-state index in [9.17, 15) is 0 Å². The molecule has 0 aliphatic heterocycles. The zero-order chi connectivity index (χ0) is 12.2. The average Bonchev–Trinajstić information content (AvgIpc) is 2.23. The molecule has 2 atom stereocenters. The van der Waals surface area contributed by atoms with E-state index in [-0.39, 0.29) is 0 Å². The monoisotopic (exact) mass is 218 g/mol. The van der Waals surface area contributed by atoms with Gasteiger partial charge in [0.05, 0.1) is 0 Å². The molecular weight excluding hydrogens is 192 g/mol. The van der Waals surface area contributed by atoms with Gasteiger partial charge in [-0.15, -0.1) is 0 Å². The summed E-state index contributed by atoms with van der Waals surface area (Å²) >= 11 is 0. The van der Waals surface area contributed by atoms with Crippen molar-refractivity contribution in [1.29, 1.82) is 0 Å². The van der Waals surface area contributed by atoms with Gasteiger partial charge in [-0.2, -0.15) is 0 Å². The van der Waals surface area contributed by atoms with Crippen molar-refractivity contribution in [1.82, 2.24) is 0 Å². The van der Waals surface area contributed by atoms with Crippen LogP contribution in [-0.2, 0) is 0 Å². The van der Waals surface area contributed by atoms with Gasteiger partial charge in [0.2, 0.25) is 0 Å². The van der Waals surface area contributed by atoms with Crippen molar-refractivity contribution in [3.63, 3.8) is 0 Å². The lowest BCUT2D eigenvalue weighted by Gasteiger charge is -2.33. The number of rotatable bonds is 4. The van der Waals surface area contributed by atoms with E-state index in [0.717, 1.165) is 0 Å². The third-order valence-electron chi connectivity index (χ3n) is 3.85. The number of hydrogen-bond donors (Lipinski definition) is 0. The van der Waals surface area contributed by atoms with Crippen LogP contribution in [0, 0.1) is 17.3 Å². The van der Waals surface area contributed by atoms with E-state index in [1.54, 1.807) is 0 Å². The molecule has 0 aromatic rings. The maximum absolute atomic E-state index is 2.38. The van der Waals surface area contributed by atoms with Crippen molar-refractivity contribution in [3.05, 3.63) is 36.0 Å². The van der Waals surface area contributed by atoms with Gasteiger partial charge in [-0.05, 0) is 31.6 Å². The van der Waals surface area contributed by atoms with E-state index >= 15 is 0 Å². The molecule has 16 heavy (non-hydrogen) atoms. The first-order valence-corrected chi connectivity index (χ1v) is 6.48. The van der Waals surface area contributed by atoms with Gasteiger partial charge in [0.15, 0.2) is 0 Å². The molecule has 0 N–H and O–H groups in total. The Labute approximate surface area is 101 Å². The minimum atomic E-state index is 0.451. The first kappa shape index (κ1) is 13.3. The van der Waals surface area contributed by atoms with Crippen molar-refractivity contribution in [2.45, 2.75) is 47.5 Å². The molecular formula is C16H26. The fraction of sp³-hybridized carbons (Fsp3) is 0.625. The molecule has 0 saturated carbocycles. The van der Waals surface area contributed by atoms with Gasteiger partial charge in [0.25, 0.3) is 0 Å². The van der Waals surface area contributed by atoms with Crippen LogP contribution in [0.4, 0.5) is 0 Å². The number of hydrogen-bond acceptors (Lipinski definition) is 0. The molecule has 1 aliphatic rings. The van der Waals surface area contributed by atoms with E-state index in [1.165, 1.54) is 18.4 Å². The minimum absolute atomic E-state index is 0.451.